The number of hydrogen-bond donors (Lipinski definition) is 1. The predicted octanol–water partition coefficient (Wildman–Crippen LogP) is 3.14. The zero-order chi connectivity index (χ0) is 18.6. The molecule has 2 amide bonds. The Morgan fingerprint density at radius 3 is 2.85 bits per heavy atom. The van der Waals surface area contributed by atoms with E-state index < -0.39 is 0 Å². The summed E-state index contributed by atoms with van der Waals surface area (Å²) in [5, 5.41) is 2.92. The standard InChI is InChI=1S/C21H26N2O4/c24-20-12-16(14-23(20)9-8-15-4-2-1-3-5-15)21(25)22-17-6-7-18-19(13-17)27-11-10-26-18/h4,6-7,13,16H,1-3,5,8-12,14H2,(H,22,25). The highest BCUT2D eigenvalue weighted by Crippen LogP contribution is 2.33. The highest BCUT2D eigenvalue weighted by atomic mass is 16.6. The molecule has 1 unspecified atom stereocenters. The van der Waals surface area contributed by atoms with E-state index in [4.69, 9.17) is 9.47 Å². The first kappa shape index (κ1) is 17.9. The van der Waals surface area contributed by atoms with Gasteiger partial charge in [0, 0.05) is 31.3 Å². The molecule has 1 saturated heterocycles. The number of likely N-dealkylation sites (tertiary alicyclic amines) is 1. The van der Waals surface area contributed by atoms with E-state index in [1.807, 2.05) is 4.90 Å². The minimum Gasteiger partial charge on any atom is -0.486 e. The van der Waals surface area contributed by atoms with Crippen molar-refractivity contribution < 1.29 is 19.1 Å². The van der Waals surface area contributed by atoms with E-state index in [1.54, 1.807) is 18.2 Å². The lowest BCUT2D eigenvalue weighted by molar-refractivity contribution is -0.128. The summed E-state index contributed by atoms with van der Waals surface area (Å²) >= 11 is 0. The van der Waals surface area contributed by atoms with Crippen molar-refractivity contribution in [2.24, 2.45) is 5.92 Å². The Bertz CT molecular complexity index is 759. The first-order valence-corrected chi connectivity index (χ1v) is 9.85. The topological polar surface area (TPSA) is 67.9 Å². The molecule has 6 nitrogen and oxygen atoms in total. The Kier molecular flexibility index (Phi) is 5.32. The molecule has 1 aromatic rings. The number of fused-ring (bicyclic) bond motifs is 1. The molecule has 0 radical (unpaired) electrons. The molecule has 0 bridgehead atoms. The van der Waals surface area contributed by atoms with E-state index in [2.05, 4.69) is 11.4 Å². The molecule has 0 spiro atoms. The van der Waals surface area contributed by atoms with Crippen molar-refractivity contribution in [3.63, 3.8) is 0 Å². The third-order valence-corrected chi connectivity index (χ3v) is 5.48. The van der Waals surface area contributed by atoms with Gasteiger partial charge in [-0.1, -0.05) is 11.6 Å². The van der Waals surface area contributed by atoms with Crippen LogP contribution < -0.4 is 14.8 Å². The van der Waals surface area contributed by atoms with Crippen LogP contribution in [0.25, 0.3) is 0 Å². The van der Waals surface area contributed by atoms with Gasteiger partial charge in [-0.2, -0.15) is 0 Å². The lowest BCUT2D eigenvalue weighted by Crippen LogP contribution is -2.29. The first-order chi connectivity index (χ1) is 13.2. The van der Waals surface area contributed by atoms with Gasteiger partial charge in [-0.25, -0.2) is 0 Å². The normalized spacial score (nSPS) is 21.8. The zero-order valence-electron chi connectivity index (χ0n) is 15.5. The van der Waals surface area contributed by atoms with Gasteiger partial charge in [-0.3, -0.25) is 9.59 Å². The van der Waals surface area contributed by atoms with Crippen LogP contribution in [0.2, 0.25) is 0 Å². The summed E-state index contributed by atoms with van der Waals surface area (Å²) < 4.78 is 11.0. The molecule has 2 aliphatic heterocycles. The second-order valence-corrected chi connectivity index (χ2v) is 7.45. The molecule has 0 aromatic heterocycles. The molecule has 1 fully saturated rings. The number of nitrogens with zero attached hydrogens (tertiary/aromatic N) is 1. The van der Waals surface area contributed by atoms with Crippen LogP contribution in [0, 0.1) is 5.92 Å². The van der Waals surface area contributed by atoms with Crippen LogP contribution in [0.4, 0.5) is 5.69 Å². The average molecular weight is 370 g/mol. The minimum absolute atomic E-state index is 0.0775. The zero-order valence-corrected chi connectivity index (χ0v) is 15.5. The third-order valence-electron chi connectivity index (χ3n) is 5.48. The molecule has 27 heavy (non-hydrogen) atoms. The number of allylic oxidation sites excluding steroid dienone is 1. The number of benzene rings is 1. The smallest absolute Gasteiger partial charge is 0.229 e. The van der Waals surface area contributed by atoms with Crippen molar-refractivity contribution in [1.29, 1.82) is 0 Å². The maximum Gasteiger partial charge on any atom is 0.229 e. The third kappa shape index (κ3) is 4.26. The second kappa shape index (κ2) is 8.03. The molecule has 1 N–H and O–H groups in total. The van der Waals surface area contributed by atoms with Crippen molar-refractivity contribution in [3.05, 3.63) is 29.8 Å². The van der Waals surface area contributed by atoms with Crippen molar-refractivity contribution in [3.8, 4) is 11.5 Å². The number of nitrogens with one attached hydrogen (secondary N) is 1. The van der Waals surface area contributed by atoms with E-state index in [-0.39, 0.29) is 24.2 Å². The van der Waals surface area contributed by atoms with Crippen LogP contribution in [0.1, 0.15) is 38.5 Å². The van der Waals surface area contributed by atoms with Gasteiger partial charge in [0.2, 0.25) is 11.8 Å². The van der Waals surface area contributed by atoms with Crippen molar-refractivity contribution in [2.75, 3.05) is 31.6 Å². The van der Waals surface area contributed by atoms with Crippen LogP contribution in [0.5, 0.6) is 11.5 Å². The largest absolute Gasteiger partial charge is 0.486 e. The van der Waals surface area contributed by atoms with Crippen LogP contribution in [0.3, 0.4) is 0 Å². The fourth-order valence-corrected chi connectivity index (χ4v) is 3.94. The Morgan fingerprint density at radius 1 is 1.19 bits per heavy atom. The summed E-state index contributed by atoms with van der Waals surface area (Å²) in [4.78, 5) is 26.7. The highest BCUT2D eigenvalue weighted by molar-refractivity contribution is 5.97. The molecule has 4 rings (SSSR count). The minimum atomic E-state index is -0.300. The summed E-state index contributed by atoms with van der Waals surface area (Å²) in [7, 11) is 0. The van der Waals surface area contributed by atoms with Crippen molar-refractivity contribution in [2.45, 2.75) is 38.5 Å². The Hall–Kier alpha value is -2.50. The van der Waals surface area contributed by atoms with Crippen LogP contribution in [0.15, 0.2) is 29.8 Å². The number of carbonyl (C=O) groups is 2. The number of amides is 2. The van der Waals surface area contributed by atoms with Crippen molar-refractivity contribution >= 4 is 17.5 Å². The number of rotatable bonds is 5. The monoisotopic (exact) mass is 370 g/mol. The number of carbonyl (C=O) groups excluding carboxylic acids is 2. The van der Waals surface area contributed by atoms with Crippen molar-refractivity contribution in [1.82, 2.24) is 4.90 Å². The SMILES string of the molecule is O=C(Nc1ccc2c(c1)OCCO2)C1CC(=O)N(CCC2=CCCCC2)C1. The van der Waals surface area contributed by atoms with Crippen LogP contribution in [-0.4, -0.2) is 43.0 Å². The highest BCUT2D eigenvalue weighted by Gasteiger charge is 2.34. The predicted molar refractivity (Wildman–Crippen MR) is 102 cm³/mol. The fraction of sp³-hybridized carbons (Fsp3) is 0.524. The van der Waals surface area contributed by atoms with Gasteiger partial charge in [-0.05, 0) is 44.2 Å². The molecule has 1 aliphatic carbocycles. The quantitative estimate of drug-likeness (QED) is 0.809. The van der Waals surface area contributed by atoms with Gasteiger partial charge in [0.05, 0.1) is 5.92 Å². The molecule has 1 aromatic carbocycles. The summed E-state index contributed by atoms with van der Waals surface area (Å²) in [5.41, 5.74) is 2.13. The van der Waals surface area contributed by atoms with E-state index in [1.165, 1.54) is 18.4 Å². The number of anilines is 1. The van der Waals surface area contributed by atoms with Crippen LogP contribution in [-0.2, 0) is 9.59 Å². The van der Waals surface area contributed by atoms with Gasteiger partial charge in [-0.15, -0.1) is 0 Å². The molecule has 144 valence electrons. The van der Waals surface area contributed by atoms with E-state index >= 15 is 0 Å². The van der Waals surface area contributed by atoms with Gasteiger partial charge < -0.3 is 19.7 Å². The second-order valence-electron chi connectivity index (χ2n) is 7.45. The molecule has 0 saturated carbocycles. The fourth-order valence-electron chi connectivity index (χ4n) is 3.94. The van der Waals surface area contributed by atoms with Gasteiger partial charge in [0.25, 0.3) is 0 Å². The summed E-state index contributed by atoms with van der Waals surface area (Å²) in [5.74, 6) is 1.00. The molecule has 6 heteroatoms. The lowest BCUT2D eigenvalue weighted by Gasteiger charge is -2.20. The Labute approximate surface area is 159 Å². The summed E-state index contributed by atoms with van der Waals surface area (Å²) in [6.07, 6.45) is 8.36. The van der Waals surface area contributed by atoms with Gasteiger partial charge in [0.1, 0.15) is 13.2 Å². The molecule has 3 aliphatic rings. The average Bonchev–Trinajstić information content (AvgIpc) is 3.08. The first-order valence-electron chi connectivity index (χ1n) is 9.85. The lowest BCUT2D eigenvalue weighted by atomic mass is 9.97. The Balaban J connectivity index is 1.31. The maximum atomic E-state index is 12.6. The number of hydrogen-bond acceptors (Lipinski definition) is 4. The Morgan fingerprint density at radius 2 is 2.04 bits per heavy atom. The van der Waals surface area contributed by atoms with E-state index in [9.17, 15) is 9.59 Å². The van der Waals surface area contributed by atoms with Gasteiger partial charge in [0.15, 0.2) is 11.5 Å². The van der Waals surface area contributed by atoms with Crippen LogP contribution >= 0.6 is 0 Å². The van der Waals surface area contributed by atoms with E-state index in [0.29, 0.717) is 36.9 Å². The van der Waals surface area contributed by atoms with E-state index in [0.717, 1.165) is 25.8 Å². The number of ether oxygens (including phenoxy) is 2. The molecular formula is C21H26N2O4. The van der Waals surface area contributed by atoms with Gasteiger partial charge >= 0.3 is 0 Å². The summed E-state index contributed by atoms with van der Waals surface area (Å²) in [6, 6.07) is 5.38. The molecular weight excluding hydrogens is 344 g/mol. The molecule has 1 atom stereocenters. The maximum absolute atomic E-state index is 12.6. The summed E-state index contributed by atoms with van der Waals surface area (Å²) in [6.45, 7) is 2.27. The molecule has 2 heterocycles.